The molecule has 26 heavy (non-hydrogen) atoms. The SMILES string of the molecule is COc1cc([C@@H]2CC(=O)c3cn4ncnc4nc3C2)cc(OC)c1OC. The second-order valence-corrected chi connectivity index (χ2v) is 6.09. The van der Waals surface area contributed by atoms with Gasteiger partial charge in [0.25, 0.3) is 5.78 Å². The molecule has 0 fully saturated rings. The lowest BCUT2D eigenvalue weighted by Gasteiger charge is -2.24. The van der Waals surface area contributed by atoms with Crippen molar-refractivity contribution in [3.63, 3.8) is 0 Å². The molecule has 0 N–H and O–H groups in total. The van der Waals surface area contributed by atoms with Crippen LogP contribution >= 0.6 is 0 Å². The minimum absolute atomic E-state index is 0.0263. The van der Waals surface area contributed by atoms with Gasteiger partial charge in [-0.25, -0.2) is 9.50 Å². The molecule has 0 saturated carbocycles. The Morgan fingerprint density at radius 3 is 2.46 bits per heavy atom. The molecule has 4 rings (SSSR count). The van der Waals surface area contributed by atoms with Crippen LogP contribution in [0.1, 0.15) is 34.0 Å². The summed E-state index contributed by atoms with van der Waals surface area (Å²) < 4.78 is 17.7. The van der Waals surface area contributed by atoms with Crippen molar-refractivity contribution >= 4 is 11.6 Å². The highest BCUT2D eigenvalue weighted by atomic mass is 16.5. The van der Waals surface area contributed by atoms with Gasteiger partial charge >= 0.3 is 0 Å². The van der Waals surface area contributed by atoms with Gasteiger partial charge in [-0.2, -0.15) is 10.1 Å². The van der Waals surface area contributed by atoms with Crippen molar-refractivity contribution in [3.8, 4) is 17.2 Å². The zero-order valence-corrected chi connectivity index (χ0v) is 14.7. The molecule has 1 aliphatic carbocycles. The van der Waals surface area contributed by atoms with Gasteiger partial charge in [0.05, 0.1) is 32.6 Å². The Morgan fingerprint density at radius 1 is 1.08 bits per heavy atom. The monoisotopic (exact) mass is 354 g/mol. The van der Waals surface area contributed by atoms with E-state index in [2.05, 4.69) is 15.1 Å². The maximum Gasteiger partial charge on any atom is 0.252 e. The molecule has 2 heterocycles. The van der Waals surface area contributed by atoms with Gasteiger partial charge in [0.1, 0.15) is 6.33 Å². The first-order valence-corrected chi connectivity index (χ1v) is 8.17. The van der Waals surface area contributed by atoms with Gasteiger partial charge in [-0.1, -0.05) is 0 Å². The molecule has 1 aliphatic rings. The number of hydrogen-bond acceptors (Lipinski definition) is 7. The number of hydrogen-bond donors (Lipinski definition) is 0. The summed E-state index contributed by atoms with van der Waals surface area (Å²) in [6, 6.07) is 3.78. The highest BCUT2D eigenvalue weighted by Gasteiger charge is 2.30. The quantitative estimate of drug-likeness (QED) is 0.708. The number of carbonyl (C=O) groups is 1. The fourth-order valence-electron chi connectivity index (χ4n) is 3.39. The van der Waals surface area contributed by atoms with Gasteiger partial charge in [-0.15, -0.1) is 0 Å². The maximum absolute atomic E-state index is 12.7. The van der Waals surface area contributed by atoms with Crippen molar-refractivity contribution in [1.82, 2.24) is 19.6 Å². The minimum atomic E-state index is -0.0263. The fourth-order valence-corrected chi connectivity index (χ4v) is 3.39. The molecule has 8 heteroatoms. The number of benzene rings is 1. The van der Waals surface area contributed by atoms with Crippen LogP contribution in [-0.2, 0) is 6.42 Å². The highest BCUT2D eigenvalue weighted by Crippen LogP contribution is 2.42. The topological polar surface area (TPSA) is 87.8 Å². The van der Waals surface area contributed by atoms with Gasteiger partial charge < -0.3 is 14.2 Å². The predicted octanol–water partition coefficient (Wildman–Crippen LogP) is 2.06. The Bertz CT molecular complexity index is 973. The lowest BCUT2D eigenvalue weighted by atomic mass is 9.82. The van der Waals surface area contributed by atoms with Gasteiger partial charge in [0.2, 0.25) is 5.75 Å². The molecule has 3 aromatic rings. The van der Waals surface area contributed by atoms with Crippen LogP contribution in [0.5, 0.6) is 17.2 Å². The van der Waals surface area contributed by atoms with Crippen LogP contribution in [0.4, 0.5) is 0 Å². The first-order valence-electron chi connectivity index (χ1n) is 8.17. The number of methoxy groups -OCH3 is 3. The van der Waals surface area contributed by atoms with E-state index in [1.807, 2.05) is 12.1 Å². The second kappa shape index (κ2) is 6.29. The van der Waals surface area contributed by atoms with E-state index in [4.69, 9.17) is 14.2 Å². The third-order valence-corrected chi connectivity index (χ3v) is 4.68. The molecular weight excluding hydrogens is 336 g/mol. The molecular formula is C18H18N4O4. The number of nitrogens with zero attached hydrogens (tertiary/aromatic N) is 4. The Labute approximate surface area is 149 Å². The molecule has 0 radical (unpaired) electrons. The van der Waals surface area contributed by atoms with E-state index >= 15 is 0 Å². The maximum atomic E-state index is 12.7. The number of Topliss-reactive ketones (excluding diaryl/α,β-unsaturated/α-hetero) is 1. The van der Waals surface area contributed by atoms with Crippen LogP contribution in [0, 0.1) is 0 Å². The van der Waals surface area contributed by atoms with Gasteiger partial charge in [-0.05, 0) is 30.0 Å². The number of ketones is 1. The highest BCUT2D eigenvalue weighted by molar-refractivity contribution is 5.98. The number of rotatable bonds is 4. The lowest BCUT2D eigenvalue weighted by Crippen LogP contribution is -2.21. The van der Waals surface area contributed by atoms with Gasteiger partial charge in [0.15, 0.2) is 17.3 Å². The van der Waals surface area contributed by atoms with Crippen molar-refractivity contribution < 1.29 is 19.0 Å². The standard InChI is InChI=1S/C18H18N4O4/c1-24-15-6-11(7-16(25-2)17(15)26-3)10-4-13-12(14(23)5-10)8-22-18(21-13)19-9-20-22/h6-10H,4-5H2,1-3H3/t10-/m0/s1. The van der Waals surface area contributed by atoms with E-state index in [0.29, 0.717) is 41.4 Å². The molecule has 1 aromatic carbocycles. The first kappa shape index (κ1) is 16.3. The number of fused-ring (bicyclic) bond motifs is 2. The summed E-state index contributed by atoms with van der Waals surface area (Å²) in [6.45, 7) is 0. The fraction of sp³-hybridized carbons (Fsp3) is 0.333. The normalized spacial score (nSPS) is 16.4. The van der Waals surface area contributed by atoms with Gasteiger partial charge in [-0.3, -0.25) is 4.79 Å². The zero-order valence-electron chi connectivity index (χ0n) is 14.7. The third kappa shape index (κ3) is 2.54. The van der Waals surface area contributed by atoms with E-state index in [1.165, 1.54) is 10.8 Å². The third-order valence-electron chi connectivity index (χ3n) is 4.68. The molecule has 0 saturated heterocycles. The molecule has 134 valence electrons. The summed E-state index contributed by atoms with van der Waals surface area (Å²) in [5, 5.41) is 4.05. The molecule has 8 nitrogen and oxygen atoms in total. The van der Waals surface area contributed by atoms with Crippen molar-refractivity contribution in [1.29, 1.82) is 0 Å². The summed E-state index contributed by atoms with van der Waals surface area (Å²) in [7, 11) is 4.71. The van der Waals surface area contributed by atoms with Gasteiger partial charge in [0, 0.05) is 12.6 Å². The van der Waals surface area contributed by atoms with Crippen molar-refractivity contribution in [2.24, 2.45) is 0 Å². The second-order valence-electron chi connectivity index (χ2n) is 6.09. The Hall–Kier alpha value is -3.16. The molecule has 0 spiro atoms. The number of aromatic nitrogens is 4. The largest absolute Gasteiger partial charge is 0.493 e. The first-order chi connectivity index (χ1) is 12.6. The smallest absolute Gasteiger partial charge is 0.252 e. The zero-order chi connectivity index (χ0) is 18.3. The van der Waals surface area contributed by atoms with Crippen LogP contribution in [-0.4, -0.2) is 46.7 Å². The molecule has 0 amide bonds. The molecule has 1 atom stereocenters. The molecule has 0 bridgehead atoms. The van der Waals surface area contributed by atoms with E-state index in [1.54, 1.807) is 27.5 Å². The van der Waals surface area contributed by atoms with Crippen molar-refractivity contribution in [3.05, 3.63) is 41.5 Å². The van der Waals surface area contributed by atoms with Crippen molar-refractivity contribution in [2.45, 2.75) is 18.8 Å². The predicted molar refractivity (Wildman–Crippen MR) is 92.3 cm³/mol. The summed E-state index contributed by atoms with van der Waals surface area (Å²) in [5.41, 5.74) is 2.29. The number of ether oxygens (including phenoxy) is 3. The van der Waals surface area contributed by atoms with Crippen LogP contribution in [0.2, 0.25) is 0 Å². The average molecular weight is 354 g/mol. The van der Waals surface area contributed by atoms with Crippen LogP contribution < -0.4 is 14.2 Å². The summed E-state index contributed by atoms with van der Waals surface area (Å²) in [5.74, 6) is 2.17. The Kier molecular flexibility index (Phi) is 3.95. The summed E-state index contributed by atoms with van der Waals surface area (Å²) in [4.78, 5) is 21.3. The molecule has 2 aromatic heterocycles. The molecule has 0 aliphatic heterocycles. The average Bonchev–Trinajstić information content (AvgIpc) is 3.12. The van der Waals surface area contributed by atoms with Crippen molar-refractivity contribution in [2.75, 3.05) is 21.3 Å². The summed E-state index contributed by atoms with van der Waals surface area (Å²) >= 11 is 0. The number of carbonyl (C=O) groups excluding carboxylic acids is 1. The molecule has 0 unspecified atom stereocenters. The van der Waals surface area contributed by atoms with E-state index in [-0.39, 0.29) is 11.7 Å². The lowest BCUT2D eigenvalue weighted by molar-refractivity contribution is 0.0962. The van der Waals surface area contributed by atoms with Crippen LogP contribution in [0.25, 0.3) is 5.78 Å². The van der Waals surface area contributed by atoms with E-state index in [9.17, 15) is 4.79 Å². The Balaban J connectivity index is 1.76. The van der Waals surface area contributed by atoms with Crippen LogP contribution in [0.3, 0.4) is 0 Å². The van der Waals surface area contributed by atoms with E-state index in [0.717, 1.165) is 11.3 Å². The summed E-state index contributed by atoms with van der Waals surface area (Å²) in [6.07, 6.45) is 4.14. The van der Waals surface area contributed by atoms with Crippen LogP contribution in [0.15, 0.2) is 24.7 Å². The minimum Gasteiger partial charge on any atom is -0.493 e. The Morgan fingerprint density at radius 2 is 1.81 bits per heavy atom. The van der Waals surface area contributed by atoms with E-state index < -0.39 is 0 Å².